The lowest BCUT2D eigenvalue weighted by Crippen LogP contribution is -2.60. The van der Waals surface area contributed by atoms with Gasteiger partial charge in [-0.1, -0.05) is 27.7 Å². The van der Waals surface area contributed by atoms with Crippen molar-refractivity contribution in [2.75, 3.05) is 32.7 Å². The molecule has 0 aromatic rings. The number of alkyl halides is 2. The number of halogens is 2. The second-order valence-corrected chi connectivity index (χ2v) is 9.95. The van der Waals surface area contributed by atoms with Crippen molar-refractivity contribution in [3.05, 3.63) is 0 Å². The zero-order valence-electron chi connectivity index (χ0n) is 17.6. The molecule has 1 aliphatic carbocycles. The lowest BCUT2D eigenvalue weighted by atomic mass is 9.58. The van der Waals surface area contributed by atoms with Crippen LogP contribution in [0.25, 0.3) is 0 Å². The van der Waals surface area contributed by atoms with Crippen molar-refractivity contribution in [3.63, 3.8) is 0 Å². The van der Waals surface area contributed by atoms with E-state index in [4.69, 9.17) is 0 Å². The molecule has 160 valence electrons. The topological polar surface area (TPSA) is 52.7 Å². The third-order valence-corrected chi connectivity index (χ3v) is 7.00. The highest BCUT2D eigenvalue weighted by molar-refractivity contribution is 5.79. The molecule has 3 aliphatic rings. The lowest BCUT2D eigenvalue weighted by Gasteiger charge is -2.47. The Labute approximate surface area is 167 Å². The standard InChI is InChI=1S/C21H35F2N3O2/c1-14(2)16-9-20(10-16)6-8-25(12-20)11-18(27)26-7-5-17(21(22,23)13-26)24-19(28)15(3)4/h14-17H,5-13H2,1-4H3,(H,24,28). The maximum Gasteiger partial charge on any atom is 0.285 e. The van der Waals surface area contributed by atoms with Gasteiger partial charge in [0.05, 0.1) is 19.1 Å². The third-order valence-electron chi connectivity index (χ3n) is 7.00. The molecular formula is C21H35F2N3O2. The van der Waals surface area contributed by atoms with E-state index in [-0.39, 0.29) is 37.2 Å². The molecule has 7 heteroatoms. The number of nitrogens with one attached hydrogen (secondary N) is 1. The van der Waals surface area contributed by atoms with Crippen LogP contribution in [-0.2, 0) is 9.59 Å². The van der Waals surface area contributed by atoms with Gasteiger partial charge >= 0.3 is 0 Å². The lowest BCUT2D eigenvalue weighted by molar-refractivity contribution is -0.148. The van der Waals surface area contributed by atoms with Crippen LogP contribution >= 0.6 is 0 Å². The Bertz CT molecular complexity index is 602. The second kappa shape index (κ2) is 7.88. The van der Waals surface area contributed by atoms with Crippen LogP contribution in [-0.4, -0.2) is 66.3 Å². The van der Waals surface area contributed by atoms with Gasteiger partial charge in [0, 0.05) is 19.0 Å². The molecule has 1 unspecified atom stereocenters. The molecular weight excluding hydrogens is 364 g/mol. The van der Waals surface area contributed by atoms with Crippen molar-refractivity contribution < 1.29 is 18.4 Å². The smallest absolute Gasteiger partial charge is 0.285 e. The summed E-state index contributed by atoms with van der Waals surface area (Å²) < 4.78 is 29.0. The summed E-state index contributed by atoms with van der Waals surface area (Å²) in [5, 5.41) is 2.44. The van der Waals surface area contributed by atoms with E-state index in [2.05, 4.69) is 24.1 Å². The Morgan fingerprint density at radius 2 is 1.79 bits per heavy atom. The van der Waals surface area contributed by atoms with Crippen LogP contribution in [0.3, 0.4) is 0 Å². The largest absolute Gasteiger partial charge is 0.347 e. The minimum absolute atomic E-state index is 0.0945. The number of carbonyl (C=O) groups is 2. The Balaban J connectivity index is 1.48. The number of likely N-dealkylation sites (tertiary alicyclic amines) is 2. The van der Waals surface area contributed by atoms with Crippen LogP contribution in [0.5, 0.6) is 0 Å². The first kappa shape index (κ1) is 21.5. The van der Waals surface area contributed by atoms with Crippen molar-refractivity contribution in [3.8, 4) is 0 Å². The van der Waals surface area contributed by atoms with E-state index < -0.39 is 18.5 Å². The van der Waals surface area contributed by atoms with Gasteiger partial charge in [-0.3, -0.25) is 14.5 Å². The molecule has 0 bridgehead atoms. The first-order valence-corrected chi connectivity index (χ1v) is 10.7. The molecule has 2 aliphatic heterocycles. The average Bonchev–Trinajstić information content (AvgIpc) is 2.98. The molecule has 0 radical (unpaired) electrons. The second-order valence-electron chi connectivity index (χ2n) is 9.95. The van der Waals surface area contributed by atoms with Crippen LogP contribution in [0.1, 0.15) is 53.4 Å². The van der Waals surface area contributed by atoms with E-state index in [1.165, 1.54) is 17.7 Å². The van der Waals surface area contributed by atoms with E-state index >= 15 is 0 Å². The molecule has 3 fully saturated rings. The zero-order chi connectivity index (χ0) is 20.7. The van der Waals surface area contributed by atoms with E-state index in [0.717, 1.165) is 25.4 Å². The molecule has 1 spiro atoms. The normalized spacial score (nSPS) is 32.8. The highest BCUT2D eigenvalue weighted by Crippen LogP contribution is 2.54. The van der Waals surface area contributed by atoms with Gasteiger partial charge < -0.3 is 10.2 Å². The van der Waals surface area contributed by atoms with Gasteiger partial charge in [0.15, 0.2) is 0 Å². The Hall–Kier alpha value is -1.24. The molecule has 2 saturated heterocycles. The Morgan fingerprint density at radius 1 is 1.11 bits per heavy atom. The predicted molar refractivity (Wildman–Crippen MR) is 104 cm³/mol. The maximum absolute atomic E-state index is 14.5. The number of hydrogen-bond acceptors (Lipinski definition) is 3. The molecule has 0 aromatic carbocycles. The molecule has 28 heavy (non-hydrogen) atoms. The van der Waals surface area contributed by atoms with Crippen LogP contribution in [0.15, 0.2) is 0 Å². The van der Waals surface area contributed by atoms with Crippen molar-refractivity contribution >= 4 is 11.8 Å². The van der Waals surface area contributed by atoms with E-state index in [1.807, 2.05) is 0 Å². The van der Waals surface area contributed by atoms with Gasteiger partial charge in [0.1, 0.15) is 0 Å². The molecule has 5 nitrogen and oxygen atoms in total. The fraction of sp³-hybridized carbons (Fsp3) is 0.905. The summed E-state index contributed by atoms with van der Waals surface area (Å²) in [7, 11) is 0. The fourth-order valence-electron chi connectivity index (χ4n) is 4.98. The molecule has 2 amide bonds. The van der Waals surface area contributed by atoms with Gasteiger partial charge in [0.25, 0.3) is 5.92 Å². The van der Waals surface area contributed by atoms with Gasteiger partial charge in [-0.25, -0.2) is 8.78 Å². The van der Waals surface area contributed by atoms with Gasteiger partial charge in [-0.15, -0.1) is 0 Å². The van der Waals surface area contributed by atoms with E-state index in [0.29, 0.717) is 11.3 Å². The van der Waals surface area contributed by atoms with Crippen LogP contribution in [0, 0.1) is 23.2 Å². The zero-order valence-corrected chi connectivity index (χ0v) is 17.6. The van der Waals surface area contributed by atoms with Crippen molar-refractivity contribution in [1.82, 2.24) is 15.1 Å². The number of hydrogen-bond donors (Lipinski definition) is 1. The third kappa shape index (κ3) is 4.50. The SMILES string of the molecule is CC(C)C(=O)NC1CCN(C(=O)CN2CCC3(CC(C(C)C)C3)C2)CC1(F)F. The maximum atomic E-state index is 14.5. The number of carbonyl (C=O) groups excluding carboxylic acids is 2. The highest BCUT2D eigenvalue weighted by Gasteiger charge is 2.50. The first-order chi connectivity index (χ1) is 13.0. The average molecular weight is 400 g/mol. The molecule has 1 saturated carbocycles. The van der Waals surface area contributed by atoms with Gasteiger partial charge in [-0.2, -0.15) is 0 Å². The van der Waals surface area contributed by atoms with Gasteiger partial charge in [0.2, 0.25) is 11.8 Å². The van der Waals surface area contributed by atoms with Crippen molar-refractivity contribution in [2.24, 2.45) is 23.2 Å². The number of rotatable bonds is 5. The summed E-state index contributed by atoms with van der Waals surface area (Å²) in [5.74, 6) is -2.52. The molecule has 2 heterocycles. The van der Waals surface area contributed by atoms with E-state index in [9.17, 15) is 18.4 Å². The molecule has 3 rings (SSSR count). The minimum atomic E-state index is -3.09. The van der Waals surface area contributed by atoms with Crippen LogP contribution < -0.4 is 5.32 Å². The number of amides is 2. The first-order valence-electron chi connectivity index (χ1n) is 10.7. The summed E-state index contributed by atoms with van der Waals surface area (Å²) >= 11 is 0. The quantitative estimate of drug-likeness (QED) is 0.773. The summed E-state index contributed by atoms with van der Waals surface area (Å²) in [6.45, 7) is 9.58. The highest BCUT2D eigenvalue weighted by atomic mass is 19.3. The molecule has 1 N–H and O–H groups in total. The van der Waals surface area contributed by atoms with Crippen molar-refractivity contribution in [1.29, 1.82) is 0 Å². The predicted octanol–water partition coefficient (Wildman–Crippen LogP) is 2.75. The fourth-order valence-corrected chi connectivity index (χ4v) is 4.98. The minimum Gasteiger partial charge on any atom is -0.347 e. The van der Waals surface area contributed by atoms with Crippen LogP contribution in [0.4, 0.5) is 8.78 Å². The Morgan fingerprint density at radius 3 is 2.36 bits per heavy atom. The summed E-state index contributed by atoms with van der Waals surface area (Å²) in [5.41, 5.74) is 0.354. The summed E-state index contributed by atoms with van der Waals surface area (Å²) in [6.07, 6.45) is 3.67. The summed E-state index contributed by atoms with van der Waals surface area (Å²) in [6, 6.07) is -1.19. The molecule has 0 aromatic heterocycles. The number of piperidine rings is 1. The summed E-state index contributed by atoms with van der Waals surface area (Å²) in [4.78, 5) is 27.8. The van der Waals surface area contributed by atoms with E-state index in [1.54, 1.807) is 13.8 Å². The Kier molecular flexibility index (Phi) is 6.04. The molecule has 1 atom stereocenters. The number of nitrogens with zero attached hydrogens (tertiary/aromatic N) is 2. The van der Waals surface area contributed by atoms with Crippen LogP contribution in [0.2, 0.25) is 0 Å². The van der Waals surface area contributed by atoms with Gasteiger partial charge in [-0.05, 0) is 49.5 Å². The monoisotopic (exact) mass is 399 g/mol. The van der Waals surface area contributed by atoms with Crippen molar-refractivity contribution in [2.45, 2.75) is 65.3 Å².